The fraction of sp³-hybridized carbons (Fsp3) is 0.786. The van der Waals surface area contributed by atoms with Crippen LogP contribution in [0.3, 0.4) is 0 Å². The van der Waals surface area contributed by atoms with E-state index < -0.39 is 5.60 Å². The van der Waals surface area contributed by atoms with Gasteiger partial charge in [0.2, 0.25) is 0 Å². The molecular weight excluding hydrogens is 292 g/mol. The van der Waals surface area contributed by atoms with Gasteiger partial charge >= 0.3 is 0 Å². The number of aliphatic hydroxyl groups is 1. The highest BCUT2D eigenvalue weighted by atomic mass is 79.9. The second kappa shape index (κ2) is 6.71. The molecule has 0 saturated carbocycles. The molecule has 3 nitrogen and oxygen atoms in total. The van der Waals surface area contributed by atoms with Gasteiger partial charge in [0.05, 0.1) is 21.5 Å². The van der Waals surface area contributed by atoms with E-state index in [-0.39, 0.29) is 0 Å². The summed E-state index contributed by atoms with van der Waals surface area (Å²) in [5, 5.41) is 15.0. The molecule has 104 valence electrons. The van der Waals surface area contributed by atoms with E-state index in [4.69, 9.17) is 0 Å². The molecule has 1 aromatic rings. The standard InChI is InChI=1S/C14H25BrN2O/c1-5-7-8-9-14(4,18)10-12-13(15)11(3)16-17(12)6-2/h18H,5-10H2,1-4H3. The molecule has 0 aliphatic rings. The van der Waals surface area contributed by atoms with Crippen LogP contribution in [0.15, 0.2) is 4.47 Å². The second-order valence-electron chi connectivity index (χ2n) is 5.29. The number of rotatable bonds is 7. The van der Waals surface area contributed by atoms with Crippen molar-refractivity contribution in [3.8, 4) is 0 Å². The second-order valence-corrected chi connectivity index (χ2v) is 6.09. The monoisotopic (exact) mass is 316 g/mol. The third kappa shape index (κ3) is 4.09. The van der Waals surface area contributed by atoms with Crippen molar-refractivity contribution in [3.63, 3.8) is 0 Å². The van der Waals surface area contributed by atoms with E-state index in [1.54, 1.807) is 0 Å². The molecule has 0 radical (unpaired) electrons. The fourth-order valence-electron chi connectivity index (χ4n) is 2.24. The maximum atomic E-state index is 10.5. The molecule has 1 heterocycles. The number of unbranched alkanes of at least 4 members (excludes halogenated alkanes) is 2. The summed E-state index contributed by atoms with van der Waals surface area (Å²) < 4.78 is 3.02. The van der Waals surface area contributed by atoms with Gasteiger partial charge in [0, 0.05) is 13.0 Å². The third-order valence-corrected chi connectivity index (χ3v) is 4.35. The van der Waals surface area contributed by atoms with Crippen LogP contribution in [0.4, 0.5) is 0 Å². The van der Waals surface area contributed by atoms with Crippen LogP contribution in [0.2, 0.25) is 0 Å². The van der Waals surface area contributed by atoms with Crippen molar-refractivity contribution in [2.75, 3.05) is 0 Å². The van der Waals surface area contributed by atoms with Gasteiger partial charge in [-0.25, -0.2) is 0 Å². The topological polar surface area (TPSA) is 38.1 Å². The first-order valence-electron chi connectivity index (χ1n) is 6.85. The first-order chi connectivity index (χ1) is 8.41. The molecule has 1 rings (SSSR count). The van der Waals surface area contributed by atoms with E-state index in [0.717, 1.165) is 35.2 Å². The van der Waals surface area contributed by atoms with Crippen LogP contribution < -0.4 is 0 Å². The molecular formula is C14H25BrN2O. The van der Waals surface area contributed by atoms with Crippen LogP contribution in [0, 0.1) is 6.92 Å². The first-order valence-corrected chi connectivity index (χ1v) is 7.64. The number of aromatic nitrogens is 2. The van der Waals surface area contributed by atoms with E-state index >= 15 is 0 Å². The van der Waals surface area contributed by atoms with Gasteiger partial charge < -0.3 is 5.11 Å². The van der Waals surface area contributed by atoms with E-state index in [0.29, 0.717) is 6.42 Å². The van der Waals surface area contributed by atoms with Gasteiger partial charge in [0.1, 0.15) is 0 Å². The summed E-state index contributed by atoms with van der Waals surface area (Å²) in [4.78, 5) is 0. The Bertz CT molecular complexity index is 385. The summed E-state index contributed by atoms with van der Waals surface area (Å²) >= 11 is 3.58. The van der Waals surface area contributed by atoms with Gasteiger partial charge in [-0.3, -0.25) is 4.68 Å². The van der Waals surface area contributed by atoms with Gasteiger partial charge in [0.15, 0.2) is 0 Å². The van der Waals surface area contributed by atoms with Gasteiger partial charge in [-0.1, -0.05) is 26.2 Å². The quantitative estimate of drug-likeness (QED) is 0.776. The van der Waals surface area contributed by atoms with Gasteiger partial charge in [-0.15, -0.1) is 0 Å². The van der Waals surface area contributed by atoms with E-state index in [9.17, 15) is 5.11 Å². The summed E-state index contributed by atoms with van der Waals surface area (Å²) in [7, 11) is 0. The fourth-order valence-corrected chi connectivity index (χ4v) is 2.67. The van der Waals surface area contributed by atoms with Crippen LogP contribution >= 0.6 is 15.9 Å². The van der Waals surface area contributed by atoms with Crippen LogP contribution in [0.5, 0.6) is 0 Å². The Labute approximate surface area is 119 Å². The largest absolute Gasteiger partial charge is 0.390 e. The minimum atomic E-state index is -0.642. The maximum absolute atomic E-state index is 10.5. The minimum absolute atomic E-state index is 0.642. The van der Waals surface area contributed by atoms with Crippen molar-refractivity contribution in [1.29, 1.82) is 0 Å². The normalized spacial score (nSPS) is 14.8. The van der Waals surface area contributed by atoms with Crippen LogP contribution in [-0.4, -0.2) is 20.5 Å². The summed E-state index contributed by atoms with van der Waals surface area (Å²) in [6, 6.07) is 0. The van der Waals surface area contributed by atoms with Crippen molar-refractivity contribution in [3.05, 3.63) is 15.9 Å². The molecule has 1 N–H and O–H groups in total. The van der Waals surface area contributed by atoms with Gasteiger partial charge in [-0.2, -0.15) is 5.10 Å². The Hall–Kier alpha value is -0.350. The highest BCUT2D eigenvalue weighted by molar-refractivity contribution is 9.10. The first kappa shape index (κ1) is 15.7. The average molecular weight is 317 g/mol. The number of hydrogen-bond donors (Lipinski definition) is 1. The molecule has 18 heavy (non-hydrogen) atoms. The van der Waals surface area contributed by atoms with Crippen LogP contribution in [0.25, 0.3) is 0 Å². The highest BCUT2D eigenvalue weighted by Crippen LogP contribution is 2.27. The molecule has 0 spiro atoms. The molecule has 0 amide bonds. The molecule has 1 unspecified atom stereocenters. The number of nitrogens with zero attached hydrogens (tertiary/aromatic N) is 2. The Morgan fingerprint density at radius 3 is 2.56 bits per heavy atom. The molecule has 0 saturated heterocycles. The predicted molar refractivity (Wildman–Crippen MR) is 78.8 cm³/mol. The Morgan fingerprint density at radius 1 is 1.33 bits per heavy atom. The zero-order valence-electron chi connectivity index (χ0n) is 12.0. The van der Waals surface area contributed by atoms with Crippen molar-refractivity contribution in [1.82, 2.24) is 9.78 Å². The summed E-state index contributed by atoms with van der Waals surface area (Å²) in [5.74, 6) is 0. The van der Waals surface area contributed by atoms with Crippen molar-refractivity contribution in [2.24, 2.45) is 0 Å². The molecule has 0 bridgehead atoms. The van der Waals surface area contributed by atoms with Gasteiger partial charge in [-0.05, 0) is 43.1 Å². The van der Waals surface area contributed by atoms with Crippen molar-refractivity contribution < 1.29 is 5.11 Å². The van der Waals surface area contributed by atoms with Gasteiger partial charge in [0.25, 0.3) is 0 Å². The van der Waals surface area contributed by atoms with E-state index in [1.165, 1.54) is 12.8 Å². The van der Waals surface area contributed by atoms with Crippen LogP contribution in [-0.2, 0) is 13.0 Å². The number of hydrogen-bond acceptors (Lipinski definition) is 2. The Morgan fingerprint density at radius 2 is 2.00 bits per heavy atom. The summed E-state index contributed by atoms with van der Waals surface area (Å²) in [6.07, 6.45) is 4.96. The summed E-state index contributed by atoms with van der Waals surface area (Å²) in [6.45, 7) is 9.02. The molecule has 1 atom stereocenters. The summed E-state index contributed by atoms with van der Waals surface area (Å²) in [5.41, 5.74) is 1.46. The molecule has 0 aliphatic carbocycles. The smallest absolute Gasteiger partial charge is 0.0738 e. The highest BCUT2D eigenvalue weighted by Gasteiger charge is 2.25. The van der Waals surface area contributed by atoms with Crippen molar-refractivity contribution >= 4 is 15.9 Å². The Kier molecular flexibility index (Phi) is 5.86. The number of halogens is 1. The lowest BCUT2D eigenvalue weighted by Gasteiger charge is -2.23. The minimum Gasteiger partial charge on any atom is -0.390 e. The third-order valence-electron chi connectivity index (χ3n) is 3.32. The van der Waals surface area contributed by atoms with Crippen LogP contribution in [0.1, 0.15) is 57.8 Å². The molecule has 4 heteroatoms. The van der Waals surface area contributed by atoms with Crippen molar-refractivity contribution in [2.45, 2.75) is 71.9 Å². The lowest BCUT2D eigenvalue weighted by Crippen LogP contribution is -2.28. The maximum Gasteiger partial charge on any atom is 0.0738 e. The average Bonchev–Trinajstić information content (AvgIpc) is 2.56. The zero-order valence-corrected chi connectivity index (χ0v) is 13.5. The lowest BCUT2D eigenvalue weighted by atomic mass is 9.93. The molecule has 1 aromatic heterocycles. The predicted octanol–water partition coefficient (Wildman–Crippen LogP) is 3.85. The molecule has 0 aromatic carbocycles. The molecule has 0 fully saturated rings. The molecule has 0 aliphatic heterocycles. The number of aryl methyl sites for hydroxylation is 2. The van der Waals surface area contributed by atoms with E-state index in [1.807, 2.05) is 18.5 Å². The zero-order chi connectivity index (χ0) is 13.8. The Balaban J connectivity index is 2.76. The SMILES string of the molecule is CCCCCC(C)(O)Cc1c(Br)c(C)nn1CC. The lowest BCUT2D eigenvalue weighted by molar-refractivity contribution is 0.0464. The van der Waals surface area contributed by atoms with E-state index in [2.05, 4.69) is 34.9 Å².